The van der Waals surface area contributed by atoms with Crippen molar-refractivity contribution in [3.05, 3.63) is 84.4 Å². The van der Waals surface area contributed by atoms with Gasteiger partial charge in [-0.3, -0.25) is 0 Å². The molecule has 100 valence electrons. The number of rotatable bonds is 1. The quantitative estimate of drug-likeness (QED) is 0.373. The first kappa shape index (κ1) is 12.2. The second kappa shape index (κ2) is 4.75. The third kappa shape index (κ3) is 2.00. The van der Waals surface area contributed by atoms with Crippen LogP contribution in [0.5, 0.6) is 0 Å². The van der Waals surface area contributed by atoms with Crippen LogP contribution in [-0.2, 0) is 0 Å². The van der Waals surface area contributed by atoms with E-state index in [-0.39, 0.29) is 0 Å². The lowest BCUT2D eigenvalue weighted by atomic mass is 9.91. The molecule has 0 unspecified atom stereocenters. The van der Waals surface area contributed by atoms with E-state index in [1.165, 1.54) is 38.2 Å². The molecular weight excluding hydrogens is 252 g/mol. The molecule has 0 radical (unpaired) electrons. The molecule has 0 atom stereocenters. The Balaban J connectivity index is 2.22. The van der Waals surface area contributed by atoms with Crippen LogP contribution in [0.25, 0.3) is 32.7 Å². The molecular formula is C21H16. The summed E-state index contributed by atoms with van der Waals surface area (Å²) in [5, 5.41) is 5.26. The fourth-order valence-electron chi connectivity index (χ4n) is 3.11. The molecule has 0 heterocycles. The zero-order valence-electron chi connectivity index (χ0n) is 12.0. The smallest absolute Gasteiger partial charge is 0.00268 e. The Hall–Kier alpha value is -2.60. The van der Waals surface area contributed by atoms with Crippen molar-refractivity contribution in [3.63, 3.8) is 0 Å². The molecule has 0 heteroatoms. The van der Waals surface area contributed by atoms with Gasteiger partial charge in [0.25, 0.3) is 0 Å². The number of aryl methyl sites for hydroxylation is 1. The molecule has 0 saturated heterocycles. The molecule has 4 aromatic carbocycles. The molecule has 0 N–H and O–H groups in total. The summed E-state index contributed by atoms with van der Waals surface area (Å²) in [5.41, 5.74) is 3.92. The van der Waals surface area contributed by atoms with Crippen LogP contribution < -0.4 is 0 Å². The van der Waals surface area contributed by atoms with E-state index in [9.17, 15) is 0 Å². The molecule has 4 aromatic rings. The molecule has 21 heavy (non-hydrogen) atoms. The van der Waals surface area contributed by atoms with Gasteiger partial charge in [0.1, 0.15) is 0 Å². The monoisotopic (exact) mass is 268 g/mol. The van der Waals surface area contributed by atoms with Gasteiger partial charge in [0.05, 0.1) is 0 Å². The normalized spacial score (nSPS) is 11.1. The summed E-state index contributed by atoms with van der Waals surface area (Å²) in [6.07, 6.45) is 0. The first-order chi connectivity index (χ1) is 10.3. The number of fused-ring (bicyclic) bond motifs is 2. The Morgan fingerprint density at radius 1 is 0.571 bits per heavy atom. The van der Waals surface area contributed by atoms with Crippen LogP contribution in [0.15, 0.2) is 78.9 Å². The molecule has 0 nitrogen and oxygen atoms in total. The lowest BCUT2D eigenvalue weighted by Crippen LogP contribution is -1.86. The minimum Gasteiger partial charge on any atom is -0.0622 e. The highest BCUT2D eigenvalue weighted by Crippen LogP contribution is 2.36. The highest BCUT2D eigenvalue weighted by molar-refractivity contribution is 6.12. The highest BCUT2D eigenvalue weighted by atomic mass is 14.1. The molecule has 0 amide bonds. The average molecular weight is 268 g/mol. The Kier molecular flexibility index (Phi) is 2.75. The van der Waals surface area contributed by atoms with Crippen LogP contribution in [0.3, 0.4) is 0 Å². The summed E-state index contributed by atoms with van der Waals surface area (Å²) in [7, 11) is 0. The van der Waals surface area contributed by atoms with E-state index in [4.69, 9.17) is 0 Å². The summed E-state index contributed by atoms with van der Waals surface area (Å²) < 4.78 is 0. The van der Waals surface area contributed by atoms with Gasteiger partial charge < -0.3 is 0 Å². The molecule has 0 spiro atoms. The van der Waals surface area contributed by atoms with E-state index in [0.29, 0.717) is 0 Å². The largest absolute Gasteiger partial charge is 0.0622 e. The summed E-state index contributed by atoms with van der Waals surface area (Å²) >= 11 is 0. The Morgan fingerprint density at radius 3 is 2.14 bits per heavy atom. The van der Waals surface area contributed by atoms with Gasteiger partial charge in [0.15, 0.2) is 0 Å². The second-order valence-corrected chi connectivity index (χ2v) is 5.56. The maximum Gasteiger partial charge on any atom is -0.00268 e. The lowest BCUT2D eigenvalue weighted by Gasteiger charge is -2.12. The highest BCUT2D eigenvalue weighted by Gasteiger charge is 2.09. The van der Waals surface area contributed by atoms with E-state index in [1.54, 1.807) is 0 Å². The minimum absolute atomic E-state index is 1.28. The maximum absolute atomic E-state index is 2.30. The predicted octanol–water partition coefficient (Wildman–Crippen LogP) is 5.97. The van der Waals surface area contributed by atoms with E-state index in [0.717, 1.165) is 0 Å². The fraction of sp³-hybridized carbons (Fsp3) is 0.0476. The van der Waals surface area contributed by atoms with Crippen molar-refractivity contribution < 1.29 is 0 Å². The number of hydrogen-bond acceptors (Lipinski definition) is 0. The first-order valence-electron chi connectivity index (χ1n) is 7.30. The zero-order chi connectivity index (χ0) is 14.2. The van der Waals surface area contributed by atoms with Crippen LogP contribution >= 0.6 is 0 Å². The Bertz CT molecular complexity index is 934. The summed E-state index contributed by atoms with van der Waals surface area (Å²) in [6, 6.07) is 28.3. The van der Waals surface area contributed by atoms with Gasteiger partial charge in [-0.15, -0.1) is 0 Å². The van der Waals surface area contributed by atoms with E-state index in [1.807, 2.05) is 0 Å². The molecule has 4 rings (SSSR count). The van der Waals surface area contributed by atoms with Gasteiger partial charge in [-0.05, 0) is 45.7 Å². The average Bonchev–Trinajstić information content (AvgIpc) is 2.53. The van der Waals surface area contributed by atoms with Crippen molar-refractivity contribution in [2.75, 3.05) is 0 Å². The summed E-state index contributed by atoms with van der Waals surface area (Å²) in [4.78, 5) is 0. The van der Waals surface area contributed by atoms with Gasteiger partial charge in [-0.25, -0.2) is 0 Å². The minimum atomic E-state index is 1.28. The number of hydrogen-bond donors (Lipinski definition) is 0. The molecule has 0 fully saturated rings. The Morgan fingerprint density at radius 2 is 1.29 bits per heavy atom. The van der Waals surface area contributed by atoms with Crippen molar-refractivity contribution in [2.24, 2.45) is 0 Å². The van der Waals surface area contributed by atoms with Gasteiger partial charge >= 0.3 is 0 Å². The van der Waals surface area contributed by atoms with Crippen molar-refractivity contribution in [1.29, 1.82) is 0 Å². The van der Waals surface area contributed by atoms with Crippen LogP contribution in [0, 0.1) is 6.92 Å². The topological polar surface area (TPSA) is 0 Å². The molecule has 0 bridgehead atoms. The summed E-state index contributed by atoms with van der Waals surface area (Å²) in [6.45, 7) is 2.15. The van der Waals surface area contributed by atoms with Gasteiger partial charge in [-0.1, -0.05) is 78.4 Å². The van der Waals surface area contributed by atoms with E-state index < -0.39 is 0 Å². The third-order valence-electron chi connectivity index (χ3n) is 4.08. The molecule has 0 aliphatic heterocycles. The molecule has 0 aliphatic carbocycles. The van der Waals surface area contributed by atoms with Gasteiger partial charge in [0.2, 0.25) is 0 Å². The van der Waals surface area contributed by atoms with Gasteiger partial charge in [0, 0.05) is 0 Å². The van der Waals surface area contributed by atoms with Crippen LogP contribution in [-0.4, -0.2) is 0 Å². The van der Waals surface area contributed by atoms with Crippen molar-refractivity contribution in [1.82, 2.24) is 0 Å². The van der Waals surface area contributed by atoms with Crippen LogP contribution in [0.4, 0.5) is 0 Å². The SMILES string of the molecule is Cc1ccc2c(-c3ccccc3)c3ccccc3cc2c1. The van der Waals surface area contributed by atoms with Crippen LogP contribution in [0.1, 0.15) is 5.56 Å². The van der Waals surface area contributed by atoms with Crippen LogP contribution in [0.2, 0.25) is 0 Å². The summed E-state index contributed by atoms with van der Waals surface area (Å²) in [5.74, 6) is 0. The number of benzene rings is 4. The van der Waals surface area contributed by atoms with Gasteiger partial charge in [-0.2, -0.15) is 0 Å². The lowest BCUT2D eigenvalue weighted by molar-refractivity contribution is 1.51. The fourth-order valence-corrected chi connectivity index (χ4v) is 3.11. The Labute approximate surface area is 124 Å². The second-order valence-electron chi connectivity index (χ2n) is 5.56. The van der Waals surface area contributed by atoms with Crippen molar-refractivity contribution >= 4 is 21.5 Å². The van der Waals surface area contributed by atoms with E-state index >= 15 is 0 Å². The molecule has 0 saturated carbocycles. The standard InChI is InChI=1S/C21H16/c1-15-11-12-20-18(13-15)14-17-9-5-6-10-19(17)21(20)16-7-3-2-4-8-16/h2-14H,1H3. The maximum atomic E-state index is 2.30. The molecule has 0 aliphatic rings. The zero-order valence-corrected chi connectivity index (χ0v) is 12.0. The van der Waals surface area contributed by atoms with E-state index in [2.05, 4.69) is 85.8 Å². The third-order valence-corrected chi connectivity index (χ3v) is 4.08. The predicted molar refractivity (Wildman–Crippen MR) is 91.6 cm³/mol. The van der Waals surface area contributed by atoms with Crippen molar-refractivity contribution in [3.8, 4) is 11.1 Å². The molecule has 0 aromatic heterocycles. The first-order valence-corrected chi connectivity index (χ1v) is 7.30. The van der Waals surface area contributed by atoms with Crippen molar-refractivity contribution in [2.45, 2.75) is 6.92 Å².